The lowest BCUT2D eigenvalue weighted by atomic mass is 9.89. The van der Waals surface area contributed by atoms with Gasteiger partial charge in [0.25, 0.3) is 0 Å². The Labute approximate surface area is 119 Å². The highest BCUT2D eigenvalue weighted by Gasteiger charge is 2.39. The fourth-order valence-electron chi connectivity index (χ4n) is 2.96. The lowest BCUT2D eigenvalue weighted by molar-refractivity contribution is -0.106. The Bertz CT molecular complexity index is 542. The molecule has 1 aromatic carbocycles. The normalized spacial score (nSPS) is 17.9. The van der Waals surface area contributed by atoms with Crippen LogP contribution in [0.2, 0.25) is 0 Å². The lowest BCUT2D eigenvalue weighted by Gasteiger charge is -2.46. The van der Waals surface area contributed by atoms with Crippen molar-refractivity contribution in [2.45, 2.75) is 31.9 Å². The summed E-state index contributed by atoms with van der Waals surface area (Å²) in [6.45, 7) is 4.61. The summed E-state index contributed by atoms with van der Waals surface area (Å²) in [7, 11) is 0. The van der Waals surface area contributed by atoms with E-state index in [0.29, 0.717) is 0 Å². The molecule has 0 spiro atoms. The highest BCUT2D eigenvalue weighted by atomic mass is 16.3. The summed E-state index contributed by atoms with van der Waals surface area (Å²) in [6.07, 6.45) is 5.67. The minimum absolute atomic E-state index is 0.441. The van der Waals surface area contributed by atoms with E-state index < -0.39 is 5.60 Å². The smallest absolute Gasteiger partial charge is 0.0900 e. The molecule has 0 aliphatic carbocycles. The van der Waals surface area contributed by atoms with Gasteiger partial charge in [-0.15, -0.1) is 0 Å². The number of rotatable bonds is 5. The molecule has 2 aromatic rings. The van der Waals surface area contributed by atoms with Gasteiger partial charge in [0.2, 0.25) is 0 Å². The third kappa shape index (κ3) is 2.76. The molecule has 20 heavy (non-hydrogen) atoms. The molecular weight excluding hydrogens is 250 g/mol. The molecule has 2 heterocycles. The van der Waals surface area contributed by atoms with Gasteiger partial charge in [-0.1, -0.05) is 25.5 Å². The summed E-state index contributed by atoms with van der Waals surface area (Å²) < 4.78 is 1.85. The van der Waals surface area contributed by atoms with E-state index >= 15 is 0 Å². The molecule has 0 amide bonds. The quantitative estimate of drug-likeness (QED) is 0.906. The van der Waals surface area contributed by atoms with Gasteiger partial charge in [-0.25, -0.2) is 4.68 Å². The van der Waals surface area contributed by atoms with E-state index in [1.54, 1.807) is 6.20 Å². The van der Waals surface area contributed by atoms with Crippen LogP contribution in [0.1, 0.15) is 25.3 Å². The van der Waals surface area contributed by atoms with E-state index in [2.05, 4.69) is 41.2 Å². The van der Waals surface area contributed by atoms with Crippen LogP contribution in [-0.2, 0) is 6.54 Å². The lowest BCUT2D eigenvalue weighted by Crippen LogP contribution is -2.60. The van der Waals surface area contributed by atoms with Crippen LogP contribution in [0.5, 0.6) is 0 Å². The Kier molecular flexibility index (Phi) is 3.59. The van der Waals surface area contributed by atoms with Crippen molar-refractivity contribution in [2.75, 3.05) is 13.1 Å². The predicted molar refractivity (Wildman–Crippen MR) is 78.7 cm³/mol. The first kappa shape index (κ1) is 13.3. The van der Waals surface area contributed by atoms with Crippen molar-refractivity contribution in [3.05, 3.63) is 48.3 Å². The van der Waals surface area contributed by atoms with Crippen molar-refractivity contribution >= 4 is 0 Å². The number of benzene rings is 1. The summed E-state index contributed by atoms with van der Waals surface area (Å²) >= 11 is 0. The number of aromatic nitrogens is 2. The summed E-state index contributed by atoms with van der Waals surface area (Å²) in [5.41, 5.74) is 1.91. The van der Waals surface area contributed by atoms with Crippen LogP contribution in [0.3, 0.4) is 0 Å². The van der Waals surface area contributed by atoms with E-state index in [1.165, 1.54) is 5.56 Å². The first-order valence-electron chi connectivity index (χ1n) is 7.22. The monoisotopic (exact) mass is 271 g/mol. The van der Waals surface area contributed by atoms with Crippen molar-refractivity contribution in [1.82, 2.24) is 14.7 Å². The van der Waals surface area contributed by atoms with Gasteiger partial charge >= 0.3 is 0 Å². The molecule has 0 bridgehead atoms. The van der Waals surface area contributed by atoms with E-state index in [-0.39, 0.29) is 0 Å². The maximum atomic E-state index is 10.2. The van der Waals surface area contributed by atoms with Gasteiger partial charge in [0, 0.05) is 32.0 Å². The number of β-amino-alcohol motifs (C(OH)–C–C–N with tert-alkyl or cyclic N) is 1. The second kappa shape index (κ2) is 5.38. The van der Waals surface area contributed by atoms with Gasteiger partial charge < -0.3 is 5.11 Å². The van der Waals surface area contributed by atoms with Crippen LogP contribution in [0.25, 0.3) is 5.69 Å². The molecule has 3 rings (SSSR count). The van der Waals surface area contributed by atoms with Crippen molar-refractivity contribution < 1.29 is 5.11 Å². The summed E-state index contributed by atoms with van der Waals surface area (Å²) in [5.74, 6) is 0. The maximum Gasteiger partial charge on any atom is 0.0900 e. The highest BCUT2D eigenvalue weighted by Crippen LogP contribution is 2.27. The fourth-order valence-corrected chi connectivity index (χ4v) is 2.96. The van der Waals surface area contributed by atoms with Crippen LogP contribution in [0.15, 0.2) is 42.7 Å². The minimum atomic E-state index is -0.441. The molecule has 0 saturated carbocycles. The minimum Gasteiger partial charge on any atom is -0.387 e. The highest BCUT2D eigenvalue weighted by molar-refractivity contribution is 5.33. The Morgan fingerprint density at radius 2 is 2.00 bits per heavy atom. The van der Waals surface area contributed by atoms with Crippen LogP contribution in [0, 0.1) is 0 Å². The average molecular weight is 271 g/mol. The molecule has 1 aromatic heterocycles. The molecule has 0 radical (unpaired) electrons. The zero-order valence-corrected chi connectivity index (χ0v) is 11.9. The van der Waals surface area contributed by atoms with Gasteiger partial charge in [-0.3, -0.25) is 4.90 Å². The standard InChI is InChI=1S/C16H21N3O/c1-2-8-16(20)12-18(13-16)11-14-4-6-15(7-5-14)19-10-3-9-17-19/h3-7,9-10,20H,2,8,11-13H2,1H3. The molecular formula is C16H21N3O. The van der Waals surface area contributed by atoms with Crippen molar-refractivity contribution in [2.24, 2.45) is 0 Å². The van der Waals surface area contributed by atoms with Gasteiger partial charge in [-0.05, 0) is 30.2 Å². The molecule has 1 aliphatic heterocycles. The largest absolute Gasteiger partial charge is 0.387 e. The summed E-state index contributed by atoms with van der Waals surface area (Å²) in [5, 5.41) is 14.4. The molecule has 1 aliphatic rings. The van der Waals surface area contributed by atoms with Gasteiger partial charge in [0.1, 0.15) is 0 Å². The topological polar surface area (TPSA) is 41.3 Å². The summed E-state index contributed by atoms with van der Waals surface area (Å²) in [4.78, 5) is 2.29. The zero-order valence-electron chi connectivity index (χ0n) is 11.9. The van der Waals surface area contributed by atoms with E-state index in [0.717, 1.165) is 38.2 Å². The molecule has 1 fully saturated rings. The van der Waals surface area contributed by atoms with Crippen LogP contribution in [-0.4, -0.2) is 38.5 Å². The van der Waals surface area contributed by atoms with Crippen LogP contribution >= 0.6 is 0 Å². The molecule has 0 atom stereocenters. The number of likely N-dealkylation sites (tertiary alicyclic amines) is 1. The number of hydrogen-bond donors (Lipinski definition) is 1. The van der Waals surface area contributed by atoms with Crippen molar-refractivity contribution in [3.8, 4) is 5.69 Å². The van der Waals surface area contributed by atoms with E-state index in [4.69, 9.17) is 0 Å². The number of nitrogens with zero attached hydrogens (tertiary/aromatic N) is 3. The van der Waals surface area contributed by atoms with Crippen LogP contribution < -0.4 is 0 Å². The van der Waals surface area contributed by atoms with Crippen LogP contribution in [0.4, 0.5) is 0 Å². The molecule has 1 saturated heterocycles. The Balaban J connectivity index is 1.57. The molecule has 1 N–H and O–H groups in total. The number of aliphatic hydroxyl groups is 1. The van der Waals surface area contributed by atoms with Gasteiger partial charge in [0.05, 0.1) is 11.3 Å². The van der Waals surface area contributed by atoms with E-state index in [9.17, 15) is 5.11 Å². The molecule has 0 unspecified atom stereocenters. The Morgan fingerprint density at radius 1 is 1.25 bits per heavy atom. The Morgan fingerprint density at radius 3 is 2.60 bits per heavy atom. The third-order valence-electron chi connectivity index (χ3n) is 3.86. The predicted octanol–water partition coefficient (Wildman–Crippen LogP) is 2.22. The average Bonchev–Trinajstić information content (AvgIpc) is 2.92. The van der Waals surface area contributed by atoms with Gasteiger partial charge in [-0.2, -0.15) is 5.10 Å². The molecule has 4 heteroatoms. The van der Waals surface area contributed by atoms with Gasteiger partial charge in [0.15, 0.2) is 0 Å². The first-order valence-corrected chi connectivity index (χ1v) is 7.22. The summed E-state index contributed by atoms with van der Waals surface area (Å²) in [6, 6.07) is 10.4. The maximum absolute atomic E-state index is 10.2. The number of hydrogen-bond acceptors (Lipinski definition) is 3. The van der Waals surface area contributed by atoms with Crippen molar-refractivity contribution in [3.63, 3.8) is 0 Å². The second-order valence-corrected chi connectivity index (χ2v) is 5.74. The second-order valence-electron chi connectivity index (χ2n) is 5.74. The Hall–Kier alpha value is -1.65. The van der Waals surface area contributed by atoms with E-state index in [1.807, 2.05) is 16.9 Å². The SMILES string of the molecule is CCCC1(O)CN(Cc2ccc(-n3cccn3)cc2)C1. The zero-order chi connectivity index (χ0) is 14.0. The molecule has 4 nitrogen and oxygen atoms in total. The van der Waals surface area contributed by atoms with Crippen molar-refractivity contribution in [1.29, 1.82) is 0 Å². The molecule has 106 valence electrons. The fraction of sp³-hybridized carbons (Fsp3) is 0.438. The first-order chi connectivity index (χ1) is 9.68. The third-order valence-corrected chi connectivity index (χ3v) is 3.86.